The summed E-state index contributed by atoms with van der Waals surface area (Å²) in [6, 6.07) is 18.1. The Kier molecular flexibility index (Phi) is 5.12. The van der Waals surface area contributed by atoms with Crippen LogP contribution in [-0.4, -0.2) is 13.4 Å². The van der Waals surface area contributed by atoms with Crippen LogP contribution in [0, 0.1) is 11.6 Å². The van der Waals surface area contributed by atoms with Crippen LogP contribution >= 0.6 is 11.3 Å². The lowest BCUT2D eigenvalue weighted by Crippen LogP contribution is -2.15. The highest BCUT2D eigenvalue weighted by Gasteiger charge is 2.21. The van der Waals surface area contributed by atoms with E-state index >= 15 is 0 Å². The molecule has 0 bridgehead atoms. The molecule has 0 aliphatic heterocycles. The third kappa shape index (κ3) is 3.90. The van der Waals surface area contributed by atoms with E-state index in [1.165, 1.54) is 35.6 Å². The van der Waals surface area contributed by atoms with E-state index in [9.17, 15) is 17.2 Å². The van der Waals surface area contributed by atoms with Gasteiger partial charge in [-0.2, -0.15) is 0 Å². The number of aromatic nitrogens is 1. The third-order valence-electron chi connectivity index (χ3n) is 4.18. The lowest BCUT2D eigenvalue weighted by molar-refractivity contribution is 0.570. The molecule has 0 aliphatic rings. The zero-order valence-electron chi connectivity index (χ0n) is 14.8. The predicted octanol–water partition coefficient (Wildman–Crippen LogP) is 5.56. The number of benzene rings is 3. The first-order chi connectivity index (χ1) is 14.0. The quantitative estimate of drug-likeness (QED) is 0.453. The summed E-state index contributed by atoms with van der Waals surface area (Å²) in [5, 5.41) is 2.20. The van der Waals surface area contributed by atoms with Gasteiger partial charge in [0, 0.05) is 16.5 Å². The smallest absolute Gasteiger partial charge is 0.264 e. The molecule has 4 aromatic rings. The van der Waals surface area contributed by atoms with Gasteiger partial charge in [0.05, 0.1) is 11.4 Å². The molecule has 1 heterocycles. The highest BCUT2D eigenvalue weighted by Crippen LogP contribution is 2.34. The van der Waals surface area contributed by atoms with Crippen LogP contribution in [0.2, 0.25) is 0 Å². The number of halogens is 2. The number of hydrogen-bond donors (Lipinski definition) is 1. The summed E-state index contributed by atoms with van der Waals surface area (Å²) < 4.78 is 55.8. The minimum absolute atomic E-state index is 0.251. The lowest BCUT2D eigenvalue weighted by Gasteiger charge is -2.12. The first-order valence-corrected chi connectivity index (χ1v) is 10.9. The molecule has 0 aliphatic carbocycles. The van der Waals surface area contributed by atoms with Crippen LogP contribution in [0.15, 0.2) is 83.1 Å². The van der Waals surface area contributed by atoms with Gasteiger partial charge in [-0.05, 0) is 30.3 Å². The van der Waals surface area contributed by atoms with Crippen molar-refractivity contribution < 1.29 is 17.2 Å². The minimum Gasteiger partial charge on any atom is -0.279 e. The molecule has 146 valence electrons. The monoisotopic (exact) mass is 428 g/mol. The fourth-order valence-corrected chi connectivity index (χ4v) is 4.82. The molecule has 0 fully saturated rings. The Morgan fingerprint density at radius 3 is 2.14 bits per heavy atom. The highest BCUT2D eigenvalue weighted by molar-refractivity contribution is 7.92. The molecule has 1 N–H and O–H groups in total. The van der Waals surface area contributed by atoms with Gasteiger partial charge in [0.1, 0.15) is 21.5 Å². The average Bonchev–Trinajstić information content (AvgIpc) is 3.18. The number of sulfonamides is 1. The third-order valence-corrected chi connectivity index (χ3v) is 6.46. The number of hydrogen-bond acceptors (Lipinski definition) is 4. The van der Waals surface area contributed by atoms with Crippen molar-refractivity contribution in [3.8, 4) is 21.8 Å². The molecule has 8 heteroatoms. The van der Waals surface area contributed by atoms with Crippen molar-refractivity contribution in [2.24, 2.45) is 0 Å². The second kappa shape index (κ2) is 7.73. The maximum Gasteiger partial charge on any atom is 0.264 e. The number of nitrogens with zero attached hydrogens (tertiary/aromatic N) is 1. The molecular formula is C21H14F2N2O2S2. The Hall–Kier alpha value is -3.10. The Balaban J connectivity index is 1.72. The maximum atomic E-state index is 14.1. The molecule has 0 atom stereocenters. The second-order valence-electron chi connectivity index (χ2n) is 6.10. The first-order valence-electron chi connectivity index (χ1n) is 8.53. The van der Waals surface area contributed by atoms with Gasteiger partial charge >= 0.3 is 0 Å². The zero-order chi connectivity index (χ0) is 20.4. The van der Waals surface area contributed by atoms with Crippen LogP contribution in [0.1, 0.15) is 0 Å². The van der Waals surface area contributed by atoms with Crippen molar-refractivity contribution in [3.05, 3.63) is 89.8 Å². The topological polar surface area (TPSA) is 59.1 Å². The standard InChI is InChI=1S/C21H14F2N2O2S2/c22-16-9-3-1-7-14(16)21-24-19(13-28-21)15-8-2-5-11-18(15)25-29(26,27)20-12-6-4-10-17(20)23/h1-13,25H. The Bertz CT molecular complexity index is 1290. The van der Waals surface area contributed by atoms with E-state index in [2.05, 4.69) is 9.71 Å². The highest BCUT2D eigenvalue weighted by atomic mass is 32.2. The zero-order valence-corrected chi connectivity index (χ0v) is 16.5. The van der Waals surface area contributed by atoms with Gasteiger partial charge in [-0.25, -0.2) is 22.2 Å². The van der Waals surface area contributed by atoms with E-state index in [1.54, 1.807) is 47.8 Å². The number of thiazole rings is 1. The number of nitrogens with one attached hydrogen (secondary N) is 1. The molecular weight excluding hydrogens is 414 g/mol. The molecule has 1 aromatic heterocycles. The lowest BCUT2D eigenvalue weighted by atomic mass is 10.1. The van der Waals surface area contributed by atoms with Crippen molar-refractivity contribution in [3.63, 3.8) is 0 Å². The van der Waals surface area contributed by atoms with Gasteiger partial charge in [0.15, 0.2) is 0 Å². The maximum absolute atomic E-state index is 14.1. The number of rotatable bonds is 5. The largest absolute Gasteiger partial charge is 0.279 e. The van der Waals surface area contributed by atoms with Crippen LogP contribution in [0.25, 0.3) is 21.8 Å². The summed E-state index contributed by atoms with van der Waals surface area (Å²) in [4.78, 5) is 4.02. The van der Waals surface area contributed by atoms with E-state index in [1.807, 2.05) is 0 Å². The SMILES string of the molecule is O=S(=O)(Nc1ccccc1-c1csc(-c2ccccc2F)n1)c1ccccc1F. The number of anilines is 1. The van der Waals surface area contributed by atoms with Crippen molar-refractivity contribution in [2.75, 3.05) is 4.72 Å². The summed E-state index contributed by atoms with van der Waals surface area (Å²) in [6.45, 7) is 0. The average molecular weight is 428 g/mol. The molecule has 0 radical (unpaired) electrons. The fraction of sp³-hybridized carbons (Fsp3) is 0. The molecule has 0 spiro atoms. The summed E-state index contributed by atoms with van der Waals surface area (Å²) >= 11 is 1.25. The van der Waals surface area contributed by atoms with Gasteiger partial charge in [0.25, 0.3) is 10.0 Å². The van der Waals surface area contributed by atoms with Crippen LogP contribution < -0.4 is 4.72 Å². The van der Waals surface area contributed by atoms with E-state index in [-0.39, 0.29) is 11.5 Å². The van der Waals surface area contributed by atoms with Gasteiger partial charge < -0.3 is 0 Å². The number of para-hydroxylation sites is 1. The summed E-state index contributed by atoms with van der Waals surface area (Å²) in [7, 11) is -4.14. The van der Waals surface area contributed by atoms with E-state index < -0.39 is 20.7 Å². The fourth-order valence-electron chi connectivity index (χ4n) is 2.81. The minimum atomic E-state index is -4.14. The Labute approximate surface area is 170 Å². The van der Waals surface area contributed by atoms with Crippen molar-refractivity contribution in [1.29, 1.82) is 0 Å². The Morgan fingerprint density at radius 1 is 0.793 bits per heavy atom. The molecule has 4 rings (SSSR count). The molecule has 0 saturated carbocycles. The van der Waals surface area contributed by atoms with Gasteiger partial charge in [0.2, 0.25) is 0 Å². The first kappa shape index (κ1) is 19.2. The molecule has 0 unspecified atom stereocenters. The van der Waals surface area contributed by atoms with E-state index in [4.69, 9.17) is 0 Å². The van der Waals surface area contributed by atoms with Gasteiger partial charge in [-0.15, -0.1) is 11.3 Å². The molecule has 4 nitrogen and oxygen atoms in total. The van der Waals surface area contributed by atoms with Crippen molar-refractivity contribution in [1.82, 2.24) is 4.98 Å². The molecule has 0 amide bonds. The van der Waals surface area contributed by atoms with Crippen LogP contribution in [0.5, 0.6) is 0 Å². The van der Waals surface area contributed by atoms with Crippen LogP contribution in [0.4, 0.5) is 14.5 Å². The van der Waals surface area contributed by atoms with Gasteiger partial charge in [-0.3, -0.25) is 4.72 Å². The molecule has 29 heavy (non-hydrogen) atoms. The summed E-state index contributed by atoms with van der Waals surface area (Å²) in [6.07, 6.45) is 0. The molecule has 3 aromatic carbocycles. The van der Waals surface area contributed by atoms with Crippen molar-refractivity contribution >= 4 is 27.0 Å². The van der Waals surface area contributed by atoms with Crippen LogP contribution in [-0.2, 0) is 10.0 Å². The summed E-state index contributed by atoms with van der Waals surface area (Å²) in [5.74, 6) is -1.23. The van der Waals surface area contributed by atoms with E-state index in [0.29, 0.717) is 21.8 Å². The normalized spacial score (nSPS) is 11.4. The predicted molar refractivity (Wildman–Crippen MR) is 110 cm³/mol. The Morgan fingerprint density at radius 2 is 1.41 bits per heavy atom. The molecule has 0 saturated heterocycles. The van der Waals surface area contributed by atoms with E-state index in [0.717, 1.165) is 6.07 Å². The van der Waals surface area contributed by atoms with Crippen molar-refractivity contribution in [2.45, 2.75) is 4.90 Å². The second-order valence-corrected chi connectivity index (χ2v) is 8.61. The van der Waals surface area contributed by atoms with Gasteiger partial charge in [-0.1, -0.05) is 42.5 Å². The van der Waals surface area contributed by atoms with Crippen LogP contribution in [0.3, 0.4) is 0 Å². The summed E-state index contributed by atoms with van der Waals surface area (Å²) in [5.41, 5.74) is 1.61.